The summed E-state index contributed by atoms with van der Waals surface area (Å²) in [5.74, 6) is -2.11. The van der Waals surface area contributed by atoms with Gasteiger partial charge in [-0.05, 0) is 43.0 Å². The Bertz CT molecular complexity index is 597. The molecule has 5 nitrogen and oxygen atoms in total. The molecule has 21 heavy (non-hydrogen) atoms. The van der Waals surface area contributed by atoms with Gasteiger partial charge in [0.15, 0.2) is 5.78 Å². The van der Waals surface area contributed by atoms with Crippen LogP contribution in [0.15, 0.2) is 48.3 Å². The van der Waals surface area contributed by atoms with E-state index in [1.165, 1.54) is 36.4 Å². The van der Waals surface area contributed by atoms with Gasteiger partial charge in [-0.1, -0.05) is 12.2 Å². The molecule has 102 valence electrons. The number of hydrogen-bond donors (Lipinski definition) is 0. The fourth-order valence-corrected chi connectivity index (χ4v) is 1.30. The zero-order chi connectivity index (χ0) is 15.0. The molecule has 0 saturated carbocycles. The number of carbonyl (C=O) groups excluding carboxylic acids is 2. The van der Waals surface area contributed by atoms with Gasteiger partial charge in [0.05, 0.1) is 18.2 Å². The first kappa shape index (κ1) is 19.1. The second kappa shape index (κ2) is 9.94. The number of esters is 1. The van der Waals surface area contributed by atoms with Crippen molar-refractivity contribution in [2.45, 2.75) is 6.92 Å². The van der Waals surface area contributed by atoms with Crippen molar-refractivity contribution in [1.82, 2.24) is 0 Å². The molecule has 1 rings (SSSR count). The van der Waals surface area contributed by atoms with Crippen LogP contribution < -0.4 is 34.7 Å². The van der Waals surface area contributed by atoms with Gasteiger partial charge < -0.3 is 9.84 Å². The molecule has 0 bridgehead atoms. The topological polar surface area (TPSA) is 90.2 Å². The average Bonchev–Trinajstić information content (AvgIpc) is 2.47. The number of allylic oxidation sites excluding steroid dienone is 3. The van der Waals surface area contributed by atoms with Gasteiger partial charge in [0.25, 0.3) is 0 Å². The Morgan fingerprint density at radius 3 is 2.48 bits per heavy atom. The van der Waals surface area contributed by atoms with Crippen LogP contribution in [0.2, 0.25) is 0 Å². The monoisotopic (exact) mass is 293 g/mol. The van der Waals surface area contributed by atoms with Crippen molar-refractivity contribution in [1.29, 1.82) is 5.26 Å². The van der Waals surface area contributed by atoms with E-state index in [0.717, 1.165) is 6.08 Å². The second-order valence-corrected chi connectivity index (χ2v) is 3.66. The first-order valence-corrected chi connectivity index (χ1v) is 5.85. The van der Waals surface area contributed by atoms with Crippen molar-refractivity contribution in [3.8, 4) is 6.07 Å². The van der Waals surface area contributed by atoms with Crippen LogP contribution in [0.1, 0.15) is 22.8 Å². The third kappa shape index (κ3) is 6.41. The zero-order valence-electron chi connectivity index (χ0n) is 11.8. The largest absolute Gasteiger partial charge is 1.00 e. The number of carbonyl (C=O) groups is 2. The summed E-state index contributed by atoms with van der Waals surface area (Å²) in [4.78, 5) is 22.7. The van der Waals surface area contributed by atoms with Gasteiger partial charge in [-0.3, -0.25) is 4.79 Å². The zero-order valence-corrected chi connectivity index (χ0v) is 13.8. The molecule has 0 spiro atoms. The molecule has 1 aromatic rings. The first-order chi connectivity index (χ1) is 9.58. The molecule has 0 amide bonds. The normalized spacial score (nSPS) is 10.6. The van der Waals surface area contributed by atoms with Crippen molar-refractivity contribution in [2.24, 2.45) is 0 Å². The van der Waals surface area contributed by atoms with Crippen LogP contribution in [0.5, 0.6) is 0 Å². The quantitative estimate of drug-likeness (QED) is 0.158. The maximum Gasteiger partial charge on any atom is 1.00 e. The minimum Gasteiger partial charge on any atom is -0.868 e. The SMILES string of the molecule is CCOC(=O)/C([O-])=C/C=C/C(=O)c1ccc(C#N)cc1.[Na+]. The summed E-state index contributed by atoms with van der Waals surface area (Å²) >= 11 is 0. The second-order valence-electron chi connectivity index (χ2n) is 3.66. The standard InChI is InChI=1S/C15H13NO4.Na/c1-2-20-15(19)14(18)5-3-4-13(17)12-8-6-11(10-16)7-9-12;/h3-9,18H,2H2,1H3;/q;+1/p-1/b4-3+,14-5-;. The smallest absolute Gasteiger partial charge is 0.868 e. The van der Waals surface area contributed by atoms with Crippen LogP contribution in [0.3, 0.4) is 0 Å². The molecule has 0 aliphatic rings. The number of ether oxygens (including phenoxy) is 1. The Kier molecular flexibility index (Phi) is 9.06. The third-order valence-corrected chi connectivity index (χ3v) is 2.27. The molecule has 0 heterocycles. The van der Waals surface area contributed by atoms with E-state index in [-0.39, 0.29) is 41.9 Å². The molecule has 6 heteroatoms. The van der Waals surface area contributed by atoms with Crippen molar-refractivity contribution >= 4 is 11.8 Å². The number of rotatable bonds is 5. The number of nitriles is 1. The fourth-order valence-electron chi connectivity index (χ4n) is 1.30. The Balaban J connectivity index is 0.00000400. The van der Waals surface area contributed by atoms with Crippen molar-refractivity contribution in [3.63, 3.8) is 0 Å². The fraction of sp³-hybridized carbons (Fsp3) is 0.133. The Morgan fingerprint density at radius 2 is 1.95 bits per heavy atom. The summed E-state index contributed by atoms with van der Waals surface area (Å²) in [6.07, 6.45) is 3.33. The molecule has 0 atom stereocenters. The summed E-state index contributed by atoms with van der Waals surface area (Å²) < 4.78 is 4.50. The van der Waals surface area contributed by atoms with Gasteiger partial charge in [-0.15, -0.1) is 0 Å². The van der Waals surface area contributed by atoms with E-state index in [1.54, 1.807) is 6.92 Å². The molecule has 0 fully saturated rings. The van der Waals surface area contributed by atoms with Gasteiger partial charge >= 0.3 is 35.5 Å². The van der Waals surface area contributed by atoms with Crippen LogP contribution in [0.4, 0.5) is 0 Å². The van der Waals surface area contributed by atoms with Crippen LogP contribution in [-0.4, -0.2) is 18.4 Å². The third-order valence-electron chi connectivity index (χ3n) is 2.27. The molecular weight excluding hydrogens is 281 g/mol. The summed E-state index contributed by atoms with van der Waals surface area (Å²) in [6.45, 7) is 1.71. The van der Waals surface area contributed by atoms with Gasteiger partial charge in [-0.2, -0.15) is 5.26 Å². The van der Waals surface area contributed by atoms with E-state index in [1.807, 2.05) is 6.07 Å². The Morgan fingerprint density at radius 1 is 1.33 bits per heavy atom. The molecule has 0 aromatic heterocycles. The minimum absolute atomic E-state index is 0. The molecule has 0 aliphatic carbocycles. The van der Waals surface area contributed by atoms with Crippen molar-refractivity contribution in [2.75, 3.05) is 6.61 Å². The van der Waals surface area contributed by atoms with E-state index in [2.05, 4.69) is 4.74 Å². The van der Waals surface area contributed by atoms with E-state index in [9.17, 15) is 14.7 Å². The molecule has 0 saturated heterocycles. The number of benzene rings is 1. The molecular formula is C15H12NNaO4. The van der Waals surface area contributed by atoms with E-state index in [4.69, 9.17) is 5.26 Å². The summed E-state index contributed by atoms with van der Waals surface area (Å²) in [5.41, 5.74) is 0.840. The van der Waals surface area contributed by atoms with E-state index >= 15 is 0 Å². The molecule has 0 radical (unpaired) electrons. The van der Waals surface area contributed by atoms with Gasteiger partial charge in [0.1, 0.15) is 0 Å². The average molecular weight is 293 g/mol. The predicted octanol–water partition coefficient (Wildman–Crippen LogP) is -1.89. The first-order valence-electron chi connectivity index (χ1n) is 5.85. The van der Waals surface area contributed by atoms with Crippen LogP contribution in [0, 0.1) is 11.3 Å². The van der Waals surface area contributed by atoms with Crippen molar-refractivity contribution in [3.05, 3.63) is 59.4 Å². The summed E-state index contributed by atoms with van der Waals surface area (Å²) in [6, 6.07) is 8.01. The molecule has 0 N–H and O–H groups in total. The van der Waals surface area contributed by atoms with Crippen molar-refractivity contribution < 1.29 is 49.0 Å². The molecule has 1 aromatic carbocycles. The predicted molar refractivity (Wildman–Crippen MR) is 69.3 cm³/mol. The number of hydrogen-bond acceptors (Lipinski definition) is 5. The van der Waals surface area contributed by atoms with Gasteiger partial charge in [0.2, 0.25) is 0 Å². The van der Waals surface area contributed by atoms with E-state index < -0.39 is 11.7 Å². The Hall–Kier alpha value is -1.87. The van der Waals surface area contributed by atoms with E-state index in [0.29, 0.717) is 11.1 Å². The molecule has 0 aliphatic heterocycles. The van der Waals surface area contributed by atoms with Crippen LogP contribution in [0.25, 0.3) is 0 Å². The molecule has 0 unspecified atom stereocenters. The minimum atomic E-state index is -0.956. The van der Waals surface area contributed by atoms with Gasteiger partial charge in [-0.25, -0.2) is 4.79 Å². The maximum absolute atomic E-state index is 11.7. The van der Waals surface area contributed by atoms with Crippen LogP contribution >= 0.6 is 0 Å². The Labute approximate surface area is 144 Å². The van der Waals surface area contributed by atoms with Gasteiger partial charge in [0, 0.05) is 5.56 Å². The summed E-state index contributed by atoms with van der Waals surface area (Å²) in [5, 5.41) is 19.8. The number of ketones is 1. The number of nitrogens with zero attached hydrogens (tertiary/aromatic N) is 1. The summed E-state index contributed by atoms with van der Waals surface area (Å²) in [7, 11) is 0. The van der Waals surface area contributed by atoms with Crippen LogP contribution in [-0.2, 0) is 9.53 Å². The maximum atomic E-state index is 11.7.